The highest BCUT2D eigenvalue weighted by atomic mass is 32.2. The number of alkyl carbamates (subject to hydrolysis) is 1. The number of aryl methyl sites for hydroxylation is 5. The number of hydrogen-bond acceptors (Lipinski definition) is 10. The van der Waals surface area contributed by atoms with Gasteiger partial charge in [-0.3, -0.25) is 9.59 Å². The zero-order chi connectivity index (χ0) is 39.0. The third-order valence-electron chi connectivity index (χ3n) is 7.69. The highest BCUT2D eigenvalue weighted by molar-refractivity contribution is 7.89. The van der Waals surface area contributed by atoms with Gasteiger partial charge < -0.3 is 35.3 Å². The number of carboxylic acids is 1. The van der Waals surface area contributed by atoms with Crippen molar-refractivity contribution in [3.8, 4) is 0 Å². The number of aliphatic carboxylic acids is 1. The van der Waals surface area contributed by atoms with Crippen molar-refractivity contribution in [2.45, 2.75) is 77.3 Å². The predicted molar refractivity (Wildman–Crippen MR) is 202 cm³/mol. The third-order valence-corrected chi connectivity index (χ3v) is 9.46. The minimum absolute atomic E-state index is 0.0261. The van der Waals surface area contributed by atoms with E-state index in [-0.39, 0.29) is 4.90 Å². The molecule has 1 atom stereocenters. The van der Waals surface area contributed by atoms with E-state index in [0.717, 1.165) is 22.6 Å². The van der Waals surface area contributed by atoms with E-state index in [1.165, 1.54) is 0 Å². The van der Waals surface area contributed by atoms with Crippen LogP contribution in [0, 0.1) is 20.8 Å². The number of carboxylic acid groups (broad SMARTS) is 1. The maximum Gasteiger partial charge on any atom is 0.407 e. The topological polar surface area (TPSA) is 194 Å². The van der Waals surface area contributed by atoms with Gasteiger partial charge >= 0.3 is 12.1 Å². The molecule has 0 saturated carbocycles. The largest absolute Gasteiger partial charge is 0.480 e. The van der Waals surface area contributed by atoms with E-state index in [2.05, 4.69) is 25.7 Å². The number of carbonyl (C=O) groups is 3. The molecule has 0 aliphatic rings. The van der Waals surface area contributed by atoms with E-state index < -0.39 is 46.2 Å². The Balaban J connectivity index is 1.35. The van der Waals surface area contributed by atoms with Crippen molar-refractivity contribution in [2.75, 3.05) is 51.4 Å². The Morgan fingerprint density at radius 2 is 1.51 bits per heavy atom. The number of pyridine rings is 1. The zero-order valence-electron chi connectivity index (χ0n) is 31.4. The maximum atomic E-state index is 13.1. The molecular formula is C38H53N5O9S. The molecule has 0 saturated heterocycles. The van der Waals surface area contributed by atoms with Gasteiger partial charge in [-0.2, -0.15) is 4.72 Å². The summed E-state index contributed by atoms with van der Waals surface area (Å²) in [4.78, 5) is 41.0. The first-order chi connectivity index (χ1) is 25.0. The number of anilines is 1. The van der Waals surface area contributed by atoms with Crippen LogP contribution < -0.4 is 20.7 Å². The van der Waals surface area contributed by atoms with Crippen molar-refractivity contribution in [1.29, 1.82) is 0 Å². The molecule has 290 valence electrons. The summed E-state index contributed by atoms with van der Waals surface area (Å²) in [6.45, 7) is 13.1. The number of rotatable bonds is 21. The molecule has 53 heavy (non-hydrogen) atoms. The summed E-state index contributed by atoms with van der Waals surface area (Å²) >= 11 is 0. The molecule has 3 aromatic rings. The van der Waals surface area contributed by atoms with Gasteiger partial charge in [-0.05, 0) is 102 Å². The van der Waals surface area contributed by atoms with E-state index in [9.17, 15) is 27.9 Å². The average molecular weight is 756 g/mol. The van der Waals surface area contributed by atoms with Crippen LogP contribution in [0.5, 0.6) is 0 Å². The molecule has 0 fully saturated rings. The molecule has 1 heterocycles. The van der Waals surface area contributed by atoms with Gasteiger partial charge in [-0.15, -0.1) is 0 Å². The van der Waals surface area contributed by atoms with Crippen LogP contribution in [-0.4, -0.2) is 94.2 Å². The van der Waals surface area contributed by atoms with Crippen LogP contribution in [-0.2, 0) is 41.9 Å². The quantitative estimate of drug-likeness (QED) is 0.0973. The second-order valence-corrected chi connectivity index (χ2v) is 15.2. The number of nitrogens with zero attached hydrogens (tertiary/aromatic N) is 1. The second-order valence-electron chi connectivity index (χ2n) is 13.6. The first-order valence-corrected chi connectivity index (χ1v) is 19.0. The summed E-state index contributed by atoms with van der Waals surface area (Å²) in [7, 11) is -4.16. The fraction of sp³-hybridized carbons (Fsp3) is 0.474. The molecule has 0 radical (unpaired) electrons. The van der Waals surface area contributed by atoms with Crippen LogP contribution in [0.2, 0.25) is 0 Å². The van der Waals surface area contributed by atoms with Gasteiger partial charge in [0.15, 0.2) is 0 Å². The summed E-state index contributed by atoms with van der Waals surface area (Å²) in [6.07, 6.45) is 1.58. The zero-order valence-corrected chi connectivity index (χ0v) is 32.2. The van der Waals surface area contributed by atoms with E-state index in [0.29, 0.717) is 75.5 Å². The number of nitrogens with one attached hydrogen (secondary N) is 4. The molecule has 2 amide bonds. The Morgan fingerprint density at radius 1 is 0.849 bits per heavy atom. The van der Waals surface area contributed by atoms with Crippen molar-refractivity contribution >= 4 is 33.8 Å². The molecule has 0 bridgehead atoms. The Kier molecular flexibility index (Phi) is 16.7. The van der Waals surface area contributed by atoms with Gasteiger partial charge in [-0.1, -0.05) is 35.9 Å². The maximum absolute atomic E-state index is 13.1. The minimum atomic E-state index is -4.16. The van der Waals surface area contributed by atoms with Crippen molar-refractivity contribution in [3.63, 3.8) is 0 Å². The highest BCUT2D eigenvalue weighted by Gasteiger charge is 2.28. The molecule has 5 N–H and O–H groups in total. The van der Waals surface area contributed by atoms with Gasteiger partial charge in [0.05, 0.1) is 24.7 Å². The van der Waals surface area contributed by atoms with Crippen LogP contribution in [0.3, 0.4) is 0 Å². The molecule has 2 aromatic carbocycles. The summed E-state index contributed by atoms with van der Waals surface area (Å²) in [6, 6.07) is 14.5. The molecule has 1 aromatic heterocycles. The number of hydrogen-bond donors (Lipinski definition) is 5. The monoisotopic (exact) mass is 755 g/mol. The minimum Gasteiger partial charge on any atom is -0.480 e. The van der Waals surface area contributed by atoms with Gasteiger partial charge in [0.25, 0.3) is 5.91 Å². The summed E-state index contributed by atoms with van der Waals surface area (Å²) in [5.41, 5.74) is 3.57. The number of aromatic nitrogens is 1. The van der Waals surface area contributed by atoms with Crippen LogP contribution in [0.4, 0.5) is 10.6 Å². The Bertz CT molecular complexity index is 1750. The Morgan fingerprint density at radius 3 is 2.15 bits per heavy atom. The van der Waals surface area contributed by atoms with E-state index in [1.807, 2.05) is 58.0 Å². The number of amides is 2. The SMILES string of the molecule is Cc1cc(C)c(S(=O)(=O)N[C@@H](CNC(=O)c2ccc(CCc3cccc(NCCOCCOCCCNC(=O)OC(C)(C)C)n3)cc2)C(=O)O)c(C)c1. The molecule has 3 rings (SSSR count). The highest BCUT2D eigenvalue weighted by Crippen LogP contribution is 2.22. The van der Waals surface area contributed by atoms with Crippen molar-refractivity contribution in [2.24, 2.45) is 0 Å². The lowest BCUT2D eigenvalue weighted by Gasteiger charge is -2.19. The number of benzene rings is 2. The van der Waals surface area contributed by atoms with Gasteiger partial charge in [0.1, 0.15) is 17.5 Å². The van der Waals surface area contributed by atoms with E-state index >= 15 is 0 Å². The molecule has 0 aliphatic carbocycles. The van der Waals surface area contributed by atoms with Crippen LogP contribution in [0.1, 0.15) is 65.5 Å². The lowest BCUT2D eigenvalue weighted by molar-refractivity contribution is -0.138. The van der Waals surface area contributed by atoms with Crippen molar-refractivity contribution < 1.29 is 42.1 Å². The lowest BCUT2D eigenvalue weighted by atomic mass is 10.1. The normalized spacial score (nSPS) is 12.2. The first kappa shape index (κ1) is 42.8. The second kappa shape index (κ2) is 20.6. The van der Waals surface area contributed by atoms with Crippen LogP contribution >= 0.6 is 0 Å². The predicted octanol–water partition coefficient (Wildman–Crippen LogP) is 4.31. The van der Waals surface area contributed by atoms with Crippen LogP contribution in [0.25, 0.3) is 0 Å². The lowest BCUT2D eigenvalue weighted by Crippen LogP contribution is -2.48. The van der Waals surface area contributed by atoms with Crippen molar-refractivity contribution in [1.82, 2.24) is 20.3 Å². The molecule has 15 heteroatoms. The molecular weight excluding hydrogens is 703 g/mol. The standard InChI is InChI=1S/C38H53N5O9S/c1-26-23-27(2)34(28(3)24-26)53(48,49)43-32(36(45)46)25-41-35(44)30-14-11-29(12-15-30)13-16-31-9-7-10-33(42-31)39-18-20-51-22-21-50-19-8-17-40-37(47)52-38(4,5)6/h7,9-12,14-15,23-24,32,43H,8,13,16-22,25H2,1-6H3,(H,39,42)(H,40,47)(H,41,44)(H,45,46)/t32-/m0/s1. The fourth-order valence-electron chi connectivity index (χ4n) is 5.38. The van der Waals surface area contributed by atoms with Crippen LogP contribution in [0.15, 0.2) is 59.5 Å². The third kappa shape index (κ3) is 15.5. The van der Waals surface area contributed by atoms with Crippen molar-refractivity contribution in [3.05, 3.63) is 88.1 Å². The molecule has 0 spiro atoms. The summed E-state index contributed by atoms with van der Waals surface area (Å²) in [5, 5.41) is 18.2. The van der Waals surface area contributed by atoms with E-state index in [4.69, 9.17) is 14.2 Å². The smallest absolute Gasteiger partial charge is 0.407 e. The number of carbonyl (C=O) groups excluding carboxylic acids is 2. The molecule has 0 aliphatic heterocycles. The number of ether oxygens (including phenoxy) is 3. The van der Waals surface area contributed by atoms with Gasteiger partial charge in [-0.25, -0.2) is 18.2 Å². The summed E-state index contributed by atoms with van der Waals surface area (Å²) in [5.74, 6) is -1.20. The fourth-order valence-corrected chi connectivity index (χ4v) is 7.02. The number of sulfonamides is 1. The molecule has 14 nitrogen and oxygen atoms in total. The van der Waals surface area contributed by atoms with Gasteiger partial charge in [0.2, 0.25) is 10.0 Å². The first-order valence-electron chi connectivity index (χ1n) is 17.6. The Hall–Kier alpha value is -4.57. The summed E-state index contributed by atoms with van der Waals surface area (Å²) < 4.78 is 44.7. The Labute approximate surface area is 312 Å². The van der Waals surface area contributed by atoms with Gasteiger partial charge in [0, 0.05) is 37.5 Å². The van der Waals surface area contributed by atoms with E-state index in [1.54, 1.807) is 38.1 Å². The average Bonchev–Trinajstić information content (AvgIpc) is 3.06. The molecule has 0 unspecified atom stereocenters.